The molecule has 8 rings (SSSR count). The molecule has 4 aliphatic carbocycles. The van der Waals surface area contributed by atoms with E-state index in [0.717, 1.165) is 34.9 Å². The van der Waals surface area contributed by atoms with Crippen LogP contribution in [-0.4, -0.2) is 64.6 Å². The van der Waals surface area contributed by atoms with Gasteiger partial charge in [0.1, 0.15) is 18.5 Å². The Morgan fingerprint density at radius 2 is 1.89 bits per heavy atom. The average molecular weight is 648 g/mol. The first-order chi connectivity index (χ1) is 22.4. The van der Waals surface area contributed by atoms with Crippen LogP contribution in [0, 0.1) is 22.7 Å². The molecule has 0 aromatic heterocycles. The topological polar surface area (TPSA) is 128 Å². The molecule has 0 radical (unpaired) electrons. The number of hydrogen-bond donors (Lipinski definition) is 3. The molecule has 10 heteroatoms. The van der Waals surface area contributed by atoms with E-state index in [9.17, 15) is 19.8 Å². The summed E-state index contributed by atoms with van der Waals surface area (Å²) in [7, 11) is 0. The Balaban J connectivity index is 1.10. The lowest BCUT2D eigenvalue weighted by molar-refractivity contribution is -0.235. The fourth-order valence-electron chi connectivity index (χ4n) is 10.3. The largest absolute Gasteiger partial charge is 0.493 e. The lowest BCUT2D eigenvalue weighted by Crippen LogP contribution is -2.70. The first kappa shape index (κ1) is 30.9. The van der Waals surface area contributed by atoms with Gasteiger partial charge < -0.3 is 30.2 Å². The molecule has 1 saturated heterocycles. The minimum atomic E-state index is -2.30. The van der Waals surface area contributed by atoms with Crippen molar-refractivity contribution in [1.29, 1.82) is 0 Å². The Morgan fingerprint density at radius 1 is 1.13 bits per heavy atom. The number of benzene rings is 2. The number of nitrogens with two attached hydrogens (primary N) is 1. The predicted molar refractivity (Wildman–Crippen MR) is 167 cm³/mol. The molecule has 2 aromatic carbocycles. The molecule has 6 aliphatic rings. The number of carbonyl (C=O) groups excluding carboxylic acids is 2. The second-order valence-corrected chi connectivity index (χ2v) is 14.7. The first-order valence-corrected chi connectivity index (χ1v) is 16.4. The Labute approximate surface area is 271 Å². The molecule has 248 valence electrons. The van der Waals surface area contributed by atoms with Crippen LogP contribution in [0.1, 0.15) is 61.7 Å². The lowest BCUT2D eigenvalue weighted by Gasteiger charge is -2.63. The monoisotopic (exact) mass is 647 g/mol. The molecule has 0 spiro atoms. The van der Waals surface area contributed by atoms with Gasteiger partial charge in [-0.2, -0.15) is 0 Å². The van der Waals surface area contributed by atoms with Gasteiger partial charge in [0.25, 0.3) is 0 Å². The summed E-state index contributed by atoms with van der Waals surface area (Å²) in [6.45, 7) is 3.12. The van der Waals surface area contributed by atoms with E-state index in [1.807, 2.05) is 36.4 Å². The van der Waals surface area contributed by atoms with Crippen molar-refractivity contribution in [2.24, 2.45) is 22.7 Å². The highest BCUT2D eigenvalue weighted by atomic mass is 19.1. The number of halogens is 2. The quantitative estimate of drug-likeness (QED) is 0.407. The second kappa shape index (κ2) is 10.3. The lowest BCUT2D eigenvalue weighted by atomic mass is 9.44. The number of carbonyl (C=O) groups is 2. The van der Waals surface area contributed by atoms with Gasteiger partial charge in [-0.05, 0) is 73.4 Å². The van der Waals surface area contributed by atoms with Gasteiger partial charge in [0.05, 0.1) is 18.8 Å². The molecular formula is C37H39F2NO7. The summed E-state index contributed by atoms with van der Waals surface area (Å²) in [6.07, 6.45) is 0.0290. The number of anilines is 1. The normalized spacial score (nSPS) is 41.3. The molecule has 2 heterocycles. The number of fused-ring (bicyclic) bond motifs is 8. The number of hydrogen-bond acceptors (Lipinski definition) is 8. The number of allylic oxidation sites excluding steroid dienone is 4. The van der Waals surface area contributed by atoms with Gasteiger partial charge >= 0.3 is 0 Å². The van der Waals surface area contributed by atoms with Gasteiger partial charge in [-0.15, -0.1) is 0 Å². The van der Waals surface area contributed by atoms with Crippen molar-refractivity contribution < 1.29 is 42.8 Å². The van der Waals surface area contributed by atoms with Gasteiger partial charge in [-0.25, -0.2) is 8.78 Å². The highest BCUT2D eigenvalue weighted by Gasteiger charge is 2.80. The van der Waals surface area contributed by atoms with Gasteiger partial charge in [0, 0.05) is 46.0 Å². The van der Waals surface area contributed by atoms with Crippen LogP contribution in [0.25, 0.3) is 0 Å². The van der Waals surface area contributed by atoms with E-state index >= 15 is 8.78 Å². The summed E-state index contributed by atoms with van der Waals surface area (Å²) in [6, 6.07) is 11.5. The molecule has 2 aromatic rings. The van der Waals surface area contributed by atoms with Crippen LogP contribution in [0.15, 0.2) is 60.2 Å². The Morgan fingerprint density at radius 3 is 2.64 bits per heavy atom. The average Bonchev–Trinajstić information content (AvgIpc) is 3.73. The van der Waals surface area contributed by atoms with E-state index in [2.05, 4.69) is 0 Å². The molecule has 4 fully saturated rings. The molecular weight excluding hydrogens is 608 g/mol. The maximum absolute atomic E-state index is 17.6. The summed E-state index contributed by atoms with van der Waals surface area (Å²) in [4.78, 5) is 25.9. The van der Waals surface area contributed by atoms with Crippen LogP contribution in [-0.2, 0) is 31.9 Å². The van der Waals surface area contributed by atoms with Crippen molar-refractivity contribution >= 4 is 17.3 Å². The van der Waals surface area contributed by atoms with Gasteiger partial charge in [-0.3, -0.25) is 9.59 Å². The zero-order valence-corrected chi connectivity index (χ0v) is 26.4. The highest BCUT2D eigenvalue weighted by Crippen LogP contribution is 2.72. The van der Waals surface area contributed by atoms with Crippen molar-refractivity contribution in [3.8, 4) is 5.75 Å². The van der Waals surface area contributed by atoms with Crippen LogP contribution in [0.3, 0.4) is 0 Å². The number of rotatable bonds is 5. The summed E-state index contributed by atoms with van der Waals surface area (Å²) in [5.41, 5.74) is 4.07. The summed E-state index contributed by atoms with van der Waals surface area (Å²) in [5.74, 6) is -1.80. The van der Waals surface area contributed by atoms with Crippen molar-refractivity contribution in [2.45, 2.75) is 81.9 Å². The molecule has 47 heavy (non-hydrogen) atoms. The van der Waals surface area contributed by atoms with Crippen molar-refractivity contribution in [3.05, 3.63) is 82.5 Å². The Bertz CT molecular complexity index is 1740. The number of ketones is 2. The number of ether oxygens (including phenoxy) is 3. The molecule has 3 saturated carbocycles. The number of Topliss-reactive ketones (excluding diaryl/α,β-unsaturated/α-hetero) is 1. The fraction of sp³-hybridized carbons (Fsp3) is 0.514. The minimum Gasteiger partial charge on any atom is -0.493 e. The molecule has 2 aliphatic heterocycles. The SMILES string of the molecule is C[C@]12C=CC(=O)C=C1[C@@H](F)C[C@H]1[C@@H]3C[C@H]4O[C@@H](c5ccc(Cc6cc(N)cc7c6CCO7)cc5)O[C@@]4(C(=O)CO)[C@@]3(C)C[C@H](O)[C@@]12F. The molecule has 0 unspecified atom stereocenters. The van der Waals surface area contributed by atoms with E-state index < -0.39 is 76.8 Å². The summed E-state index contributed by atoms with van der Waals surface area (Å²) < 4.78 is 52.2. The van der Waals surface area contributed by atoms with Crippen molar-refractivity contribution in [2.75, 3.05) is 18.9 Å². The third-order valence-corrected chi connectivity index (χ3v) is 12.5. The van der Waals surface area contributed by atoms with Crippen LogP contribution < -0.4 is 10.5 Å². The Kier molecular flexibility index (Phi) is 6.75. The molecule has 0 bridgehead atoms. The zero-order chi connectivity index (χ0) is 33.1. The van der Waals surface area contributed by atoms with E-state index in [0.29, 0.717) is 24.3 Å². The summed E-state index contributed by atoms with van der Waals surface area (Å²) in [5, 5.41) is 21.9. The Hall–Kier alpha value is -3.44. The molecule has 0 amide bonds. The number of aliphatic hydroxyl groups excluding tert-OH is 2. The van der Waals surface area contributed by atoms with Crippen LogP contribution in [0.4, 0.5) is 14.5 Å². The van der Waals surface area contributed by atoms with Crippen LogP contribution in [0.2, 0.25) is 0 Å². The molecule has 4 N–H and O–H groups in total. The van der Waals surface area contributed by atoms with E-state index in [1.165, 1.54) is 19.1 Å². The fourth-order valence-corrected chi connectivity index (χ4v) is 10.3. The zero-order valence-electron chi connectivity index (χ0n) is 26.4. The molecule has 10 atom stereocenters. The highest BCUT2D eigenvalue weighted by molar-refractivity contribution is 6.01. The predicted octanol–water partition coefficient (Wildman–Crippen LogP) is 4.44. The van der Waals surface area contributed by atoms with Crippen molar-refractivity contribution in [3.63, 3.8) is 0 Å². The summed E-state index contributed by atoms with van der Waals surface area (Å²) >= 11 is 0. The maximum atomic E-state index is 17.6. The minimum absolute atomic E-state index is 0.0372. The maximum Gasteiger partial charge on any atom is 0.193 e. The molecule has 8 nitrogen and oxygen atoms in total. The van der Waals surface area contributed by atoms with Gasteiger partial charge in [-0.1, -0.05) is 37.3 Å². The third kappa shape index (κ3) is 3.98. The number of aliphatic hydroxyl groups is 2. The second-order valence-electron chi connectivity index (χ2n) is 14.7. The number of nitrogen functional groups attached to an aromatic ring is 1. The van der Waals surface area contributed by atoms with E-state index in [4.69, 9.17) is 19.9 Å². The van der Waals surface area contributed by atoms with E-state index in [-0.39, 0.29) is 24.8 Å². The van der Waals surface area contributed by atoms with E-state index in [1.54, 1.807) is 6.92 Å². The standard InChI is InChI=1S/C37H39F2NO7/c1-34-9-7-23(42)14-27(34)28(38)15-26-25-16-32-37(31(44)18-41,35(25,2)17-30(43)36(26,34)39)47-33(46-32)20-5-3-19(4-6-20)11-21-12-22(40)13-29-24(21)8-10-45-29/h3-7,9,12-14,25-26,28,30,32-33,41,43H,8,10-11,15-18,40H2,1-2H3/t25-,26-,28-,30-,32+,33+,34-,35-,36-,37+/m0/s1. The number of alkyl halides is 2. The van der Waals surface area contributed by atoms with Gasteiger partial charge in [0.15, 0.2) is 29.1 Å². The third-order valence-electron chi connectivity index (χ3n) is 12.5. The van der Waals surface area contributed by atoms with Gasteiger partial charge in [0.2, 0.25) is 0 Å². The smallest absolute Gasteiger partial charge is 0.193 e. The van der Waals surface area contributed by atoms with Crippen LogP contribution >= 0.6 is 0 Å². The van der Waals surface area contributed by atoms with Crippen molar-refractivity contribution in [1.82, 2.24) is 0 Å². The van der Waals surface area contributed by atoms with Crippen LogP contribution in [0.5, 0.6) is 5.75 Å². The first-order valence-electron chi connectivity index (χ1n) is 16.4.